The zero-order valence-electron chi connectivity index (χ0n) is 16.0. The van der Waals surface area contributed by atoms with Crippen molar-refractivity contribution in [2.45, 2.75) is 50.8 Å². The fraction of sp³-hybridized carbons (Fsp3) is 0.625. The molecule has 13 nitrogen and oxygen atoms in total. The van der Waals surface area contributed by atoms with Crippen molar-refractivity contribution in [3.05, 3.63) is 16.7 Å². The van der Waals surface area contributed by atoms with Crippen LogP contribution in [0.4, 0.5) is 5.95 Å². The minimum atomic E-state index is -1.29. The average Bonchev–Trinajstić information content (AvgIpc) is 3.22. The lowest BCUT2D eigenvalue weighted by molar-refractivity contribution is -0.139. The van der Waals surface area contributed by atoms with Crippen molar-refractivity contribution in [2.24, 2.45) is 11.7 Å². The minimum Gasteiger partial charge on any atom is -0.480 e. The van der Waals surface area contributed by atoms with Crippen molar-refractivity contribution < 1.29 is 30.0 Å². The molecule has 1 aliphatic heterocycles. The molecular formula is C16H26N6O7. The number of aromatic nitrogens is 4. The Labute approximate surface area is 164 Å². The van der Waals surface area contributed by atoms with E-state index in [1.165, 1.54) is 10.9 Å². The van der Waals surface area contributed by atoms with Crippen LogP contribution >= 0.6 is 0 Å². The molecular weight excluding hydrogens is 388 g/mol. The van der Waals surface area contributed by atoms with Crippen molar-refractivity contribution in [2.75, 3.05) is 12.3 Å². The Bertz CT molecular complexity index is 900. The predicted octanol–water partition coefficient (Wildman–Crippen LogP) is -2.24. The number of nitrogens with one attached hydrogen (secondary N) is 1. The van der Waals surface area contributed by atoms with Gasteiger partial charge in [0.15, 0.2) is 17.4 Å². The molecule has 2 aromatic rings. The van der Waals surface area contributed by atoms with Crippen LogP contribution in [0.3, 0.4) is 0 Å². The number of aliphatic carboxylic acids is 1. The molecule has 0 aromatic carbocycles. The monoisotopic (exact) mass is 414 g/mol. The molecule has 2 aromatic heterocycles. The van der Waals surface area contributed by atoms with Crippen LogP contribution in [0.15, 0.2) is 11.1 Å². The maximum absolute atomic E-state index is 11.7. The number of aliphatic hydroxyl groups excluding tert-OH is 3. The first-order chi connectivity index (χ1) is 13.6. The summed E-state index contributed by atoms with van der Waals surface area (Å²) >= 11 is 0. The summed E-state index contributed by atoms with van der Waals surface area (Å²) in [5.74, 6) is -0.942. The highest BCUT2D eigenvalue weighted by atomic mass is 16.6. The largest absolute Gasteiger partial charge is 0.480 e. The van der Waals surface area contributed by atoms with Gasteiger partial charge in [-0.15, -0.1) is 0 Å². The first-order valence-corrected chi connectivity index (χ1v) is 8.95. The number of aromatic amines is 1. The van der Waals surface area contributed by atoms with E-state index in [1.807, 2.05) is 13.8 Å². The molecule has 0 amide bonds. The average molecular weight is 414 g/mol. The lowest BCUT2D eigenvalue weighted by Gasteiger charge is -2.16. The van der Waals surface area contributed by atoms with Crippen molar-refractivity contribution >= 4 is 23.1 Å². The van der Waals surface area contributed by atoms with Gasteiger partial charge < -0.3 is 36.6 Å². The summed E-state index contributed by atoms with van der Waals surface area (Å²) in [6, 6.07) is -0.699. The number of ether oxygens (including phenoxy) is 1. The van der Waals surface area contributed by atoms with E-state index < -0.39 is 48.7 Å². The number of nitrogen functional groups attached to an aromatic ring is 1. The van der Waals surface area contributed by atoms with Crippen LogP contribution in [0.25, 0.3) is 11.2 Å². The molecule has 0 spiro atoms. The maximum atomic E-state index is 11.7. The molecule has 0 saturated carbocycles. The summed E-state index contributed by atoms with van der Waals surface area (Å²) in [5.41, 5.74) is 10.4. The maximum Gasteiger partial charge on any atom is 0.320 e. The normalized spacial score (nSPS) is 26.0. The van der Waals surface area contributed by atoms with Gasteiger partial charge in [0.05, 0.1) is 12.9 Å². The molecule has 9 N–H and O–H groups in total. The second-order valence-corrected chi connectivity index (χ2v) is 6.75. The second-order valence-electron chi connectivity index (χ2n) is 6.75. The standard InChI is InChI=1S/C10H13N5O5.C6H13NO2/c11-10-13-7-4(8(19)14-10)12-2-15(7)9-6(18)5(17)3(1-16)20-9;1-3-4(2)5(7)6(8)9/h2-3,5-6,9,16-18H,1H2,(H3,11,13,14,19);4-5H,3,7H2,1-2H3,(H,8,9)/t3-,5-,6-,9-;4-,5-/m10/s1. The summed E-state index contributed by atoms with van der Waals surface area (Å²) in [6.07, 6.45) is -2.40. The number of nitrogens with two attached hydrogens (primary N) is 2. The number of aliphatic hydroxyl groups is 3. The number of H-pyrrole nitrogens is 1. The Hall–Kier alpha value is -2.58. The van der Waals surface area contributed by atoms with Crippen molar-refractivity contribution in [1.29, 1.82) is 0 Å². The van der Waals surface area contributed by atoms with Crippen LogP contribution in [0.2, 0.25) is 0 Å². The van der Waals surface area contributed by atoms with E-state index in [4.69, 9.17) is 26.4 Å². The summed E-state index contributed by atoms with van der Waals surface area (Å²) in [4.78, 5) is 31.9. The molecule has 29 heavy (non-hydrogen) atoms. The molecule has 6 atom stereocenters. The summed E-state index contributed by atoms with van der Waals surface area (Å²) in [5, 5.41) is 37.1. The molecule has 1 fully saturated rings. The fourth-order valence-electron chi connectivity index (χ4n) is 2.74. The molecule has 162 valence electrons. The van der Waals surface area contributed by atoms with Crippen LogP contribution in [0.5, 0.6) is 0 Å². The van der Waals surface area contributed by atoms with Gasteiger partial charge in [0.2, 0.25) is 5.95 Å². The number of carbonyl (C=O) groups is 1. The molecule has 3 rings (SSSR count). The van der Waals surface area contributed by atoms with Gasteiger partial charge in [0.25, 0.3) is 5.56 Å². The second kappa shape index (κ2) is 9.28. The van der Waals surface area contributed by atoms with Crippen molar-refractivity contribution in [1.82, 2.24) is 19.5 Å². The molecule has 1 saturated heterocycles. The van der Waals surface area contributed by atoms with Gasteiger partial charge in [0, 0.05) is 0 Å². The fourth-order valence-corrected chi connectivity index (χ4v) is 2.74. The van der Waals surface area contributed by atoms with Gasteiger partial charge >= 0.3 is 5.97 Å². The number of carboxylic acids is 1. The highest BCUT2D eigenvalue weighted by Gasteiger charge is 2.44. The van der Waals surface area contributed by atoms with Gasteiger partial charge in [-0.25, -0.2) is 4.98 Å². The smallest absolute Gasteiger partial charge is 0.320 e. The van der Waals surface area contributed by atoms with Crippen molar-refractivity contribution in [3.63, 3.8) is 0 Å². The topological polar surface area (TPSA) is 223 Å². The minimum absolute atomic E-state index is 0.0388. The lowest BCUT2D eigenvalue weighted by atomic mass is 10.0. The first kappa shape index (κ1) is 22.7. The van der Waals surface area contributed by atoms with E-state index in [2.05, 4.69) is 15.0 Å². The van der Waals surface area contributed by atoms with E-state index >= 15 is 0 Å². The number of fused-ring (bicyclic) bond motifs is 1. The molecule has 0 bridgehead atoms. The lowest BCUT2D eigenvalue weighted by Crippen LogP contribution is -2.36. The van der Waals surface area contributed by atoms with Gasteiger partial charge in [0.1, 0.15) is 24.4 Å². The van der Waals surface area contributed by atoms with Crippen LogP contribution in [-0.2, 0) is 9.53 Å². The Morgan fingerprint density at radius 1 is 1.41 bits per heavy atom. The highest BCUT2D eigenvalue weighted by Crippen LogP contribution is 2.30. The zero-order valence-corrected chi connectivity index (χ0v) is 16.0. The third-order valence-corrected chi connectivity index (χ3v) is 4.78. The number of nitrogens with zero attached hydrogens (tertiary/aromatic N) is 3. The summed E-state index contributed by atoms with van der Waals surface area (Å²) in [7, 11) is 0. The van der Waals surface area contributed by atoms with Crippen LogP contribution < -0.4 is 17.0 Å². The van der Waals surface area contributed by atoms with E-state index in [0.29, 0.717) is 0 Å². The Morgan fingerprint density at radius 3 is 2.55 bits per heavy atom. The molecule has 0 unspecified atom stereocenters. The number of imidazole rings is 1. The summed E-state index contributed by atoms with van der Waals surface area (Å²) < 4.78 is 6.64. The zero-order chi connectivity index (χ0) is 21.9. The van der Waals surface area contributed by atoms with Gasteiger partial charge in [-0.2, -0.15) is 4.98 Å². The number of anilines is 1. The number of hydrogen-bond donors (Lipinski definition) is 7. The SMILES string of the molecule is CC[C@H](C)[C@H](N)C(=O)O.Nc1nc2c(ncn2[C@@H]2O[C@H](CO)[C@@H](O)[C@H]2O)c(=O)[nH]1. The quantitative estimate of drug-likeness (QED) is 0.277. The number of rotatable bonds is 5. The van der Waals surface area contributed by atoms with Crippen molar-refractivity contribution in [3.8, 4) is 0 Å². The van der Waals surface area contributed by atoms with Gasteiger partial charge in [-0.05, 0) is 5.92 Å². The molecule has 0 aliphatic carbocycles. The number of carboxylic acid groups (broad SMARTS) is 1. The Morgan fingerprint density at radius 2 is 2.07 bits per heavy atom. The van der Waals surface area contributed by atoms with E-state index in [1.54, 1.807) is 0 Å². The Kier molecular flexibility index (Phi) is 7.26. The first-order valence-electron chi connectivity index (χ1n) is 8.95. The molecule has 1 aliphatic rings. The molecule has 13 heteroatoms. The van der Waals surface area contributed by atoms with Crippen LogP contribution in [0.1, 0.15) is 26.5 Å². The van der Waals surface area contributed by atoms with E-state index in [0.717, 1.165) is 6.42 Å². The predicted molar refractivity (Wildman–Crippen MR) is 101 cm³/mol. The highest BCUT2D eigenvalue weighted by molar-refractivity contribution is 5.73. The van der Waals surface area contributed by atoms with Crippen LogP contribution in [-0.4, -0.2) is 76.9 Å². The van der Waals surface area contributed by atoms with Gasteiger partial charge in [-0.1, -0.05) is 20.3 Å². The molecule has 3 heterocycles. The summed E-state index contributed by atoms with van der Waals surface area (Å²) in [6.45, 7) is 3.31. The van der Waals surface area contributed by atoms with E-state index in [-0.39, 0.29) is 23.0 Å². The number of hydrogen-bond acceptors (Lipinski definition) is 10. The third-order valence-electron chi connectivity index (χ3n) is 4.78. The van der Waals surface area contributed by atoms with E-state index in [9.17, 15) is 19.8 Å². The Balaban J connectivity index is 0.000000284. The van der Waals surface area contributed by atoms with Gasteiger partial charge in [-0.3, -0.25) is 19.1 Å². The third kappa shape index (κ3) is 4.71. The molecule has 0 radical (unpaired) electrons. The van der Waals surface area contributed by atoms with Crippen LogP contribution in [0, 0.1) is 5.92 Å².